The summed E-state index contributed by atoms with van der Waals surface area (Å²) in [6.45, 7) is 2.52. The molecule has 1 aliphatic heterocycles. The molecule has 2 aromatic heterocycles. The molecular weight excluding hydrogens is 498 g/mol. The number of hydrogen-bond acceptors (Lipinski definition) is 6. The monoisotopic (exact) mass is 529 g/mol. The Bertz CT molecular complexity index is 1430. The topological polar surface area (TPSA) is 89.2 Å². The summed E-state index contributed by atoms with van der Waals surface area (Å²) in [5, 5.41) is 8.03. The molecule has 0 saturated carbocycles. The largest absolute Gasteiger partial charge is 0.369 e. The second-order valence-corrected chi connectivity index (χ2v) is 10.2. The number of aromatic nitrogens is 3. The van der Waals surface area contributed by atoms with E-state index < -0.39 is 0 Å². The summed E-state index contributed by atoms with van der Waals surface area (Å²) in [6, 6.07) is 16.3. The lowest BCUT2D eigenvalue weighted by Gasteiger charge is -2.35. The highest BCUT2D eigenvalue weighted by molar-refractivity contribution is 6.33. The van der Waals surface area contributed by atoms with Crippen molar-refractivity contribution in [3.63, 3.8) is 0 Å². The SMILES string of the molecule is CN(C)C/C=C/C(=O)Nc1ccc(N2CCCC(Nc3ncc(Cl)c(-c4c[nH]c5ccccc45)n3)C2)cc1. The predicted molar refractivity (Wildman–Crippen MR) is 156 cm³/mol. The Labute approximate surface area is 227 Å². The van der Waals surface area contributed by atoms with Crippen LogP contribution in [0.15, 0.2) is 73.1 Å². The summed E-state index contributed by atoms with van der Waals surface area (Å²) >= 11 is 6.51. The number of carbonyl (C=O) groups is 1. The minimum absolute atomic E-state index is 0.128. The van der Waals surface area contributed by atoms with Crippen molar-refractivity contribution in [1.82, 2.24) is 19.9 Å². The van der Waals surface area contributed by atoms with Crippen molar-refractivity contribution in [2.24, 2.45) is 0 Å². The van der Waals surface area contributed by atoms with Crippen LogP contribution in [-0.4, -0.2) is 65.5 Å². The molecule has 0 radical (unpaired) electrons. The number of hydrogen-bond donors (Lipinski definition) is 3. The van der Waals surface area contributed by atoms with Crippen LogP contribution >= 0.6 is 11.6 Å². The number of H-pyrrole nitrogens is 1. The van der Waals surface area contributed by atoms with E-state index in [0.29, 0.717) is 16.7 Å². The molecule has 38 heavy (non-hydrogen) atoms. The molecule has 8 nitrogen and oxygen atoms in total. The minimum atomic E-state index is -0.128. The van der Waals surface area contributed by atoms with Gasteiger partial charge in [-0.3, -0.25) is 4.79 Å². The molecule has 0 aliphatic carbocycles. The smallest absolute Gasteiger partial charge is 0.248 e. The zero-order chi connectivity index (χ0) is 26.5. The number of benzene rings is 2. The van der Waals surface area contributed by atoms with Crippen LogP contribution in [0.5, 0.6) is 0 Å². The fraction of sp³-hybridized carbons (Fsp3) is 0.276. The molecule has 9 heteroatoms. The van der Waals surface area contributed by atoms with Gasteiger partial charge in [-0.05, 0) is 57.3 Å². The van der Waals surface area contributed by atoms with Crippen molar-refractivity contribution >= 4 is 45.7 Å². The Morgan fingerprint density at radius 3 is 2.84 bits per heavy atom. The third-order valence-electron chi connectivity index (χ3n) is 6.58. The molecule has 0 bridgehead atoms. The normalized spacial score (nSPS) is 15.9. The van der Waals surface area contributed by atoms with Crippen LogP contribution in [0.3, 0.4) is 0 Å². The number of carbonyl (C=O) groups excluding carboxylic acids is 1. The van der Waals surface area contributed by atoms with Crippen molar-refractivity contribution < 1.29 is 4.79 Å². The van der Waals surface area contributed by atoms with Gasteiger partial charge in [0.05, 0.1) is 16.9 Å². The molecule has 196 valence electrons. The van der Waals surface area contributed by atoms with E-state index in [1.54, 1.807) is 12.3 Å². The number of likely N-dealkylation sites (N-methyl/N-ethyl adjacent to an activating group) is 1. The van der Waals surface area contributed by atoms with E-state index in [2.05, 4.69) is 43.7 Å². The minimum Gasteiger partial charge on any atom is -0.369 e. The summed E-state index contributed by atoms with van der Waals surface area (Å²) in [7, 11) is 3.93. The van der Waals surface area contributed by atoms with Gasteiger partial charge in [-0.15, -0.1) is 0 Å². The molecule has 1 amide bonds. The van der Waals surface area contributed by atoms with E-state index in [4.69, 9.17) is 16.6 Å². The van der Waals surface area contributed by atoms with E-state index in [9.17, 15) is 4.79 Å². The van der Waals surface area contributed by atoms with Crippen LogP contribution in [0.4, 0.5) is 17.3 Å². The van der Waals surface area contributed by atoms with Crippen molar-refractivity contribution in [2.45, 2.75) is 18.9 Å². The zero-order valence-electron chi connectivity index (χ0n) is 21.6. The van der Waals surface area contributed by atoms with Crippen LogP contribution in [0, 0.1) is 0 Å². The highest BCUT2D eigenvalue weighted by Gasteiger charge is 2.22. The van der Waals surface area contributed by atoms with E-state index in [-0.39, 0.29) is 11.9 Å². The summed E-state index contributed by atoms with van der Waals surface area (Å²) in [5.74, 6) is 0.443. The highest BCUT2D eigenvalue weighted by Crippen LogP contribution is 2.32. The number of para-hydroxylation sites is 1. The van der Waals surface area contributed by atoms with Crippen LogP contribution in [0.25, 0.3) is 22.2 Å². The third-order valence-corrected chi connectivity index (χ3v) is 6.86. The van der Waals surface area contributed by atoms with E-state index >= 15 is 0 Å². The molecule has 1 aliphatic rings. The van der Waals surface area contributed by atoms with Crippen molar-refractivity contribution in [1.29, 1.82) is 0 Å². The van der Waals surface area contributed by atoms with E-state index in [1.165, 1.54) is 0 Å². The molecule has 3 heterocycles. The molecule has 2 aromatic carbocycles. The maximum absolute atomic E-state index is 12.1. The summed E-state index contributed by atoms with van der Waals surface area (Å²) < 4.78 is 0. The number of anilines is 3. The average molecular weight is 530 g/mol. The van der Waals surface area contributed by atoms with E-state index in [0.717, 1.165) is 60.3 Å². The van der Waals surface area contributed by atoms with Crippen molar-refractivity contribution in [3.05, 3.63) is 78.1 Å². The summed E-state index contributed by atoms with van der Waals surface area (Å²) in [5.41, 5.74) is 4.61. The molecule has 1 atom stereocenters. The molecule has 1 unspecified atom stereocenters. The maximum Gasteiger partial charge on any atom is 0.248 e. The highest BCUT2D eigenvalue weighted by atomic mass is 35.5. The maximum atomic E-state index is 12.1. The zero-order valence-corrected chi connectivity index (χ0v) is 22.4. The second kappa shape index (κ2) is 11.7. The number of nitrogens with one attached hydrogen (secondary N) is 3. The first kappa shape index (κ1) is 25.8. The Morgan fingerprint density at radius 1 is 1.21 bits per heavy atom. The van der Waals surface area contributed by atoms with Crippen LogP contribution in [0.2, 0.25) is 5.02 Å². The molecule has 5 rings (SSSR count). The van der Waals surface area contributed by atoms with Crippen molar-refractivity contribution in [2.75, 3.05) is 49.3 Å². The van der Waals surface area contributed by atoms with Gasteiger partial charge in [0.15, 0.2) is 0 Å². The molecular formula is C29H32ClN7O. The van der Waals surface area contributed by atoms with Gasteiger partial charge in [0.25, 0.3) is 0 Å². The summed E-state index contributed by atoms with van der Waals surface area (Å²) in [4.78, 5) is 29.0. The first-order chi connectivity index (χ1) is 18.5. The average Bonchev–Trinajstić information content (AvgIpc) is 3.34. The van der Waals surface area contributed by atoms with Gasteiger partial charge >= 0.3 is 0 Å². The molecule has 0 spiro atoms. The van der Waals surface area contributed by atoms with Crippen LogP contribution in [-0.2, 0) is 4.79 Å². The van der Waals surface area contributed by atoms with Gasteiger partial charge < -0.3 is 25.4 Å². The van der Waals surface area contributed by atoms with Crippen LogP contribution < -0.4 is 15.5 Å². The first-order valence-corrected chi connectivity index (χ1v) is 13.2. The first-order valence-electron chi connectivity index (χ1n) is 12.8. The number of fused-ring (bicyclic) bond motifs is 1. The van der Waals surface area contributed by atoms with Gasteiger partial charge in [0.2, 0.25) is 11.9 Å². The van der Waals surface area contributed by atoms with Crippen LogP contribution in [0.1, 0.15) is 12.8 Å². The Morgan fingerprint density at radius 2 is 2.03 bits per heavy atom. The summed E-state index contributed by atoms with van der Waals surface area (Å²) in [6.07, 6.45) is 9.10. The number of amides is 1. The number of nitrogens with zero attached hydrogens (tertiary/aromatic N) is 4. The Balaban J connectivity index is 1.23. The number of halogens is 1. The Hall–Kier alpha value is -3.88. The number of aromatic amines is 1. The molecule has 3 N–H and O–H groups in total. The fourth-order valence-electron chi connectivity index (χ4n) is 4.72. The number of rotatable bonds is 8. The van der Waals surface area contributed by atoms with Crippen molar-refractivity contribution in [3.8, 4) is 11.3 Å². The third kappa shape index (κ3) is 6.15. The predicted octanol–water partition coefficient (Wildman–Crippen LogP) is 5.42. The molecule has 1 fully saturated rings. The lowest BCUT2D eigenvalue weighted by Crippen LogP contribution is -2.42. The standard InChI is InChI=1S/C29H32ClN7O/c1-36(2)15-6-10-27(38)33-20-11-13-22(14-12-20)37-16-5-7-21(19-37)34-29-32-18-25(30)28(35-29)24-17-31-26-9-4-3-8-23(24)26/h3-4,6,8-14,17-18,21,31H,5,7,15-16,19H2,1-2H3,(H,33,38)(H,32,34,35)/b10-6+. The lowest BCUT2D eigenvalue weighted by molar-refractivity contribution is -0.111. The van der Waals surface area contributed by atoms with Gasteiger partial charge in [0.1, 0.15) is 0 Å². The van der Waals surface area contributed by atoms with E-state index in [1.807, 2.05) is 61.6 Å². The van der Waals surface area contributed by atoms with Gasteiger partial charge in [-0.1, -0.05) is 35.9 Å². The molecule has 4 aromatic rings. The molecule has 1 saturated heterocycles. The van der Waals surface area contributed by atoms with Gasteiger partial charge in [0, 0.05) is 65.8 Å². The quantitative estimate of drug-likeness (QED) is 0.264. The lowest BCUT2D eigenvalue weighted by atomic mass is 10.0. The Kier molecular flexibility index (Phi) is 7.91. The van der Waals surface area contributed by atoms with Gasteiger partial charge in [-0.2, -0.15) is 0 Å². The van der Waals surface area contributed by atoms with Gasteiger partial charge in [-0.25, -0.2) is 9.97 Å². The fourth-order valence-corrected chi connectivity index (χ4v) is 4.91. The number of piperidine rings is 1. The second-order valence-electron chi connectivity index (χ2n) is 9.77.